The van der Waals surface area contributed by atoms with Crippen LogP contribution in [-0.2, 0) is 11.2 Å². The Hall–Kier alpha value is -3.12. The van der Waals surface area contributed by atoms with Crippen molar-refractivity contribution in [2.75, 3.05) is 6.54 Å². The highest BCUT2D eigenvalue weighted by Crippen LogP contribution is 2.28. The smallest absolute Gasteiger partial charge is 0.286 e. The molecule has 2 heterocycles. The van der Waals surface area contributed by atoms with Crippen molar-refractivity contribution in [1.29, 1.82) is 0 Å². The quantitative estimate of drug-likeness (QED) is 0.507. The topological polar surface area (TPSA) is 74.6 Å². The maximum atomic E-state index is 12.2. The Morgan fingerprint density at radius 1 is 1.11 bits per heavy atom. The van der Waals surface area contributed by atoms with Crippen LogP contribution in [0.5, 0.6) is 5.75 Å². The van der Waals surface area contributed by atoms with E-state index in [2.05, 4.69) is 15.3 Å². The molecule has 3 aromatic rings. The van der Waals surface area contributed by atoms with Crippen molar-refractivity contribution in [3.05, 3.63) is 76.8 Å². The van der Waals surface area contributed by atoms with Crippen molar-refractivity contribution < 1.29 is 9.90 Å². The number of phenols is 1. The number of hydrogen-bond acceptors (Lipinski definition) is 5. The van der Waals surface area contributed by atoms with Crippen molar-refractivity contribution in [3.63, 3.8) is 0 Å². The molecule has 140 valence electrons. The number of thioether (sulfide) groups is 1. The lowest BCUT2D eigenvalue weighted by Crippen LogP contribution is -2.20. The summed E-state index contributed by atoms with van der Waals surface area (Å²) in [6.07, 6.45) is 5.36. The van der Waals surface area contributed by atoms with Gasteiger partial charge in [-0.15, -0.1) is 0 Å². The average Bonchev–Trinajstić information content (AvgIpc) is 3.04. The van der Waals surface area contributed by atoms with Gasteiger partial charge in [0.15, 0.2) is 5.17 Å². The Kier molecular flexibility index (Phi) is 5.39. The fourth-order valence-corrected chi connectivity index (χ4v) is 3.86. The van der Waals surface area contributed by atoms with Crippen LogP contribution >= 0.6 is 11.8 Å². The Morgan fingerprint density at radius 2 is 2.04 bits per heavy atom. The molecule has 28 heavy (non-hydrogen) atoms. The number of fused-ring (bicyclic) bond motifs is 1. The highest BCUT2D eigenvalue weighted by molar-refractivity contribution is 8.18. The first-order valence-electron chi connectivity index (χ1n) is 9.06. The Balaban J connectivity index is 1.33. The van der Waals surface area contributed by atoms with Crippen molar-refractivity contribution in [1.82, 2.24) is 10.3 Å². The molecule has 6 heteroatoms. The highest BCUT2D eigenvalue weighted by Gasteiger charge is 2.21. The molecule has 4 rings (SSSR count). The first-order valence-corrected chi connectivity index (χ1v) is 9.88. The van der Waals surface area contributed by atoms with Gasteiger partial charge < -0.3 is 10.4 Å². The van der Waals surface area contributed by atoms with Crippen LogP contribution < -0.4 is 5.32 Å². The summed E-state index contributed by atoms with van der Waals surface area (Å²) >= 11 is 1.36. The van der Waals surface area contributed by atoms with Crippen LogP contribution in [0.25, 0.3) is 17.0 Å². The second-order valence-electron chi connectivity index (χ2n) is 6.49. The lowest BCUT2D eigenvalue weighted by atomic mass is 10.1. The zero-order valence-electron chi connectivity index (χ0n) is 15.1. The average molecular weight is 389 g/mol. The highest BCUT2D eigenvalue weighted by atomic mass is 32.2. The number of nitrogens with one attached hydrogen (secondary N) is 1. The van der Waals surface area contributed by atoms with E-state index in [1.54, 1.807) is 18.3 Å². The summed E-state index contributed by atoms with van der Waals surface area (Å²) in [5.74, 6) is 0.0674. The first kappa shape index (κ1) is 18.3. The van der Waals surface area contributed by atoms with Gasteiger partial charge >= 0.3 is 0 Å². The number of rotatable bonds is 5. The molecule has 2 aromatic carbocycles. The number of aromatic hydroxyl groups is 1. The molecular weight excluding hydrogens is 370 g/mol. The van der Waals surface area contributed by atoms with Crippen LogP contribution in [0.3, 0.4) is 0 Å². The first-order chi connectivity index (χ1) is 13.7. The summed E-state index contributed by atoms with van der Waals surface area (Å²) in [4.78, 5) is 21.2. The number of aromatic nitrogens is 1. The number of aryl methyl sites for hydroxylation is 1. The number of pyridine rings is 1. The van der Waals surface area contributed by atoms with Gasteiger partial charge in [-0.2, -0.15) is 4.99 Å². The fourth-order valence-electron chi connectivity index (χ4n) is 3.02. The normalized spacial score (nSPS) is 15.2. The second-order valence-corrected chi connectivity index (χ2v) is 7.52. The number of carbonyl (C=O) groups is 1. The van der Waals surface area contributed by atoms with E-state index < -0.39 is 0 Å². The van der Waals surface area contributed by atoms with Crippen LogP contribution in [0.15, 0.2) is 70.7 Å². The lowest BCUT2D eigenvalue weighted by molar-refractivity contribution is -0.113. The summed E-state index contributed by atoms with van der Waals surface area (Å²) in [6.45, 7) is 0.712. The van der Waals surface area contributed by atoms with Crippen LogP contribution in [0, 0.1) is 0 Å². The number of hydrogen-bond donors (Lipinski definition) is 2. The van der Waals surface area contributed by atoms with Crippen LogP contribution in [0.2, 0.25) is 0 Å². The molecule has 2 N–H and O–H groups in total. The van der Waals surface area contributed by atoms with Crippen molar-refractivity contribution in [2.24, 2.45) is 4.99 Å². The molecule has 0 fully saturated rings. The molecule has 1 aromatic heterocycles. The number of carbonyl (C=O) groups excluding carboxylic acids is 1. The number of phenolic OH excluding ortho intramolecular Hbond substituents is 1. The van der Waals surface area contributed by atoms with E-state index in [1.165, 1.54) is 11.8 Å². The Morgan fingerprint density at radius 3 is 2.93 bits per heavy atom. The summed E-state index contributed by atoms with van der Waals surface area (Å²) in [5, 5.41) is 14.4. The molecule has 1 aliphatic heterocycles. The minimum Gasteiger partial charge on any atom is -0.508 e. The number of amidine groups is 1. The van der Waals surface area contributed by atoms with Gasteiger partial charge in [-0.3, -0.25) is 9.78 Å². The Bertz CT molecular complexity index is 1090. The number of nitrogens with zero attached hydrogens (tertiary/aromatic N) is 2. The van der Waals surface area contributed by atoms with Gasteiger partial charge in [-0.05, 0) is 72.1 Å². The molecule has 0 bridgehead atoms. The molecule has 0 saturated heterocycles. The zero-order valence-corrected chi connectivity index (χ0v) is 15.9. The summed E-state index contributed by atoms with van der Waals surface area (Å²) in [6, 6.07) is 17.1. The molecule has 0 saturated carbocycles. The van der Waals surface area contributed by atoms with Gasteiger partial charge in [0.25, 0.3) is 5.91 Å². The van der Waals surface area contributed by atoms with Gasteiger partial charge in [0, 0.05) is 18.1 Å². The third-order valence-electron chi connectivity index (χ3n) is 4.37. The van der Waals surface area contributed by atoms with E-state index in [9.17, 15) is 9.90 Å². The predicted molar refractivity (Wildman–Crippen MR) is 114 cm³/mol. The SMILES string of the molecule is O=C1N=C(NCCCc2cccc(O)c2)S/C1=C\c1ccc2ncccc2c1. The van der Waals surface area contributed by atoms with E-state index in [0.29, 0.717) is 16.6 Å². The van der Waals surface area contributed by atoms with E-state index in [4.69, 9.17) is 0 Å². The number of amides is 1. The van der Waals surface area contributed by atoms with Gasteiger partial charge in [0.1, 0.15) is 5.75 Å². The third-order valence-corrected chi connectivity index (χ3v) is 5.32. The van der Waals surface area contributed by atoms with Crippen LogP contribution in [-0.4, -0.2) is 27.7 Å². The summed E-state index contributed by atoms with van der Waals surface area (Å²) in [7, 11) is 0. The number of aliphatic imine (C=N–C) groups is 1. The van der Waals surface area contributed by atoms with E-state index >= 15 is 0 Å². The third kappa shape index (κ3) is 4.40. The summed E-state index contributed by atoms with van der Waals surface area (Å²) < 4.78 is 0. The van der Waals surface area contributed by atoms with E-state index in [-0.39, 0.29) is 11.7 Å². The standard InChI is InChI=1S/C22H19N3O2S/c26-18-7-1-4-15(13-18)5-2-11-24-22-25-21(27)20(28-22)14-16-8-9-19-17(12-16)6-3-10-23-19/h1,3-4,6-10,12-14,26H,2,5,11H2,(H,24,25,27)/b20-14-. The van der Waals surface area contributed by atoms with Gasteiger partial charge in [-0.1, -0.05) is 24.3 Å². The van der Waals surface area contributed by atoms with Crippen molar-refractivity contribution in [2.45, 2.75) is 12.8 Å². The van der Waals surface area contributed by atoms with E-state index in [0.717, 1.165) is 34.9 Å². The predicted octanol–water partition coefficient (Wildman–Crippen LogP) is 4.13. The Labute approximate surface area is 167 Å². The maximum absolute atomic E-state index is 12.2. The molecule has 0 spiro atoms. The van der Waals surface area contributed by atoms with Crippen LogP contribution in [0.4, 0.5) is 0 Å². The molecule has 5 nitrogen and oxygen atoms in total. The maximum Gasteiger partial charge on any atom is 0.286 e. The van der Waals surface area contributed by atoms with Crippen LogP contribution in [0.1, 0.15) is 17.5 Å². The minimum absolute atomic E-state index is 0.216. The van der Waals surface area contributed by atoms with Gasteiger partial charge in [0.2, 0.25) is 0 Å². The monoisotopic (exact) mass is 389 g/mol. The fraction of sp³-hybridized carbons (Fsp3) is 0.136. The molecule has 0 aliphatic carbocycles. The largest absolute Gasteiger partial charge is 0.508 e. The molecule has 1 amide bonds. The van der Waals surface area contributed by atoms with Crippen molar-refractivity contribution in [3.8, 4) is 5.75 Å². The number of benzene rings is 2. The molecular formula is C22H19N3O2S. The second kappa shape index (κ2) is 8.27. The molecule has 0 radical (unpaired) electrons. The molecule has 0 atom stereocenters. The summed E-state index contributed by atoms with van der Waals surface area (Å²) in [5.41, 5.74) is 2.97. The molecule has 1 aliphatic rings. The van der Waals surface area contributed by atoms with Crippen molar-refractivity contribution >= 4 is 39.8 Å². The van der Waals surface area contributed by atoms with Gasteiger partial charge in [0.05, 0.1) is 10.4 Å². The lowest BCUT2D eigenvalue weighted by Gasteiger charge is -2.05. The molecule has 0 unspecified atom stereocenters. The zero-order chi connectivity index (χ0) is 19.3. The van der Waals surface area contributed by atoms with Gasteiger partial charge in [-0.25, -0.2) is 0 Å². The van der Waals surface area contributed by atoms with E-state index in [1.807, 2.05) is 48.5 Å². The minimum atomic E-state index is -0.216.